The van der Waals surface area contributed by atoms with E-state index in [0.29, 0.717) is 4.88 Å². The normalized spacial score (nSPS) is 11.9. The molecular formula is C18H20FN3OS. The molecule has 1 amide bonds. The fourth-order valence-corrected chi connectivity index (χ4v) is 3.45. The van der Waals surface area contributed by atoms with E-state index in [1.165, 1.54) is 23.5 Å². The molecule has 6 heteroatoms. The number of aryl methyl sites for hydroxylation is 1. The van der Waals surface area contributed by atoms with Crippen molar-refractivity contribution in [2.45, 2.75) is 39.7 Å². The van der Waals surface area contributed by atoms with E-state index in [2.05, 4.69) is 10.4 Å². The van der Waals surface area contributed by atoms with Crippen molar-refractivity contribution < 1.29 is 9.18 Å². The van der Waals surface area contributed by atoms with E-state index >= 15 is 0 Å². The molecule has 0 spiro atoms. The molecule has 3 rings (SSSR count). The second kappa shape index (κ2) is 6.02. The number of carbonyl (C=O) groups is 1. The lowest BCUT2D eigenvalue weighted by molar-refractivity contribution is 0.0915. The third-order valence-electron chi connectivity index (χ3n) is 4.18. The van der Waals surface area contributed by atoms with Gasteiger partial charge in [-0.15, -0.1) is 11.3 Å². The predicted octanol–water partition coefficient (Wildman–Crippen LogP) is 4.45. The molecule has 0 aliphatic heterocycles. The van der Waals surface area contributed by atoms with Gasteiger partial charge < -0.3 is 5.32 Å². The van der Waals surface area contributed by atoms with Gasteiger partial charge in [-0.1, -0.05) is 6.92 Å². The third kappa shape index (κ3) is 3.06. The molecule has 2 aromatic heterocycles. The maximum Gasteiger partial charge on any atom is 0.261 e. The highest BCUT2D eigenvalue weighted by Crippen LogP contribution is 2.30. The van der Waals surface area contributed by atoms with Crippen LogP contribution in [0.1, 0.15) is 42.6 Å². The van der Waals surface area contributed by atoms with Crippen molar-refractivity contribution in [3.05, 3.63) is 46.7 Å². The molecule has 0 atom stereocenters. The fourth-order valence-electron chi connectivity index (χ4n) is 2.37. The molecule has 4 nitrogen and oxygen atoms in total. The van der Waals surface area contributed by atoms with Crippen LogP contribution in [0.25, 0.3) is 15.9 Å². The molecule has 1 aromatic carbocycles. The largest absolute Gasteiger partial charge is 0.346 e. The van der Waals surface area contributed by atoms with Gasteiger partial charge in [0.25, 0.3) is 5.91 Å². The molecule has 1 N–H and O–H groups in total. The van der Waals surface area contributed by atoms with Crippen molar-refractivity contribution in [1.82, 2.24) is 15.1 Å². The predicted molar refractivity (Wildman–Crippen MR) is 95.5 cm³/mol. The minimum Gasteiger partial charge on any atom is -0.346 e. The van der Waals surface area contributed by atoms with Gasteiger partial charge in [-0.25, -0.2) is 9.07 Å². The number of hydrogen-bond acceptors (Lipinski definition) is 3. The van der Waals surface area contributed by atoms with Crippen LogP contribution < -0.4 is 5.32 Å². The Hall–Kier alpha value is -2.21. The standard InChI is InChI=1S/C18H20FN3OS/c1-5-18(3,4)20-16(23)15-10-14-11(2)21-22(17(14)24-15)13-8-6-12(19)7-9-13/h6-10H,5H2,1-4H3,(H,20,23). The van der Waals surface area contributed by atoms with Crippen molar-refractivity contribution in [2.75, 3.05) is 0 Å². The summed E-state index contributed by atoms with van der Waals surface area (Å²) in [6.45, 7) is 7.96. The first-order chi connectivity index (χ1) is 11.3. The van der Waals surface area contributed by atoms with Crippen LogP contribution in [0.15, 0.2) is 30.3 Å². The highest BCUT2D eigenvalue weighted by molar-refractivity contribution is 7.20. The number of thiophene rings is 1. The van der Waals surface area contributed by atoms with E-state index in [9.17, 15) is 9.18 Å². The van der Waals surface area contributed by atoms with Crippen LogP contribution in [0.3, 0.4) is 0 Å². The summed E-state index contributed by atoms with van der Waals surface area (Å²) in [6, 6.07) is 8.05. The summed E-state index contributed by atoms with van der Waals surface area (Å²) < 4.78 is 14.9. The number of rotatable bonds is 4. The first kappa shape index (κ1) is 16.6. The second-order valence-corrected chi connectivity index (χ2v) is 7.53. The van der Waals surface area contributed by atoms with Gasteiger partial charge in [-0.2, -0.15) is 5.10 Å². The van der Waals surface area contributed by atoms with E-state index in [-0.39, 0.29) is 17.3 Å². The summed E-state index contributed by atoms with van der Waals surface area (Å²) in [6.07, 6.45) is 0.853. The van der Waals surface area contributed by atoms with Crippen molar-refractivity contribution in [1.29, 1.82) is 0 Å². The molecule has 0 bridgehead atoms. The Morgan fingerprint density at radius 2 is 2.00 bits per heavy atom. The Kier molecular flexibility index (Phi) is 4.17. The Labute approximate surface area is 144 Å². The Morgan fingerprint density at radius 3 is 2.62 bits per heavy atom. The van der Waals surface area contributed by atoms with Gasteiger partial charge in [0.1, 0.15) is 10.6 Å². The zero-order valence-electron chi connectivity index (χ0n) is 14.2. The zero-order valence-corrected chi connectivity index (χ0v) is 15.0. The Balaban J connectivity index is 2.01. The highest BCUT2D eigenvalue weighted by Gasteiger charge is 2.22. The van der Waals surface area contributed by atoms with Crippen LogP contribution in [0.5, 0.6) is 0 Å². The van der Waals surface area contributed by atoms with E-state index < -0.39 is 0 Å². The SMILES string of the molecule is CCC(C)(C)NC(=O)c1cc2c(C)nn(-c3ccc(F)cc3)c2s1. The number of halogens is 1. The molecule has 0 saturated carbocycles. The van der Waals surface area contributed by atoms with E-state index in [4.69, 9.17) is 0 Å². The average molecular weight is 345 g/mol. The van der Waals surface area contributed by atoms with Crippen LogP contribution in [-0.4, -0.2) is 21.2 Å². The molecule has 3 aromatic rings. The molecule has 0 aliphatic carbocycles. The molecule has 0 radical (unpaired) electrons. The highest BCUT2D eigenvalue weighted by atomic mass is 32.1. The molecule has 0 fully saturated rings. The average Bonchev–Trinajstić information content (AvgIpc) is 3.09. The lowest BCUT2D eigenvalue weighted by Crippen LogP contribution is -2.42. The number of benzene rings is 1. The van der Waals surface area contributed by atoms with Crippen LogP contribution in [-0.2, 0) is 0 Å². The monoisotopic (exact) mass is 345 g/mol. The first-order valence-electron chi connectivity index (χ1n) is 7.88. The number of hydrogen-bond donors (Lipinski definition) is 1. The Morgan fingerprint density at radius 1 is 1.33 bits per heavy atom. The maximum atomic E-state index is 13.1. The Bertz CT molecular complexity index is 893. The van der Waals surface area contributed by atoms with Crippen LogP contribution in [0, 0.1) is 12.7 Å². The zero-order chi connectivity index (χ0) is 17.5. The summed E-state index contributed by atoms with van der Waals surface area (Å²) in [5, 5.41) is 8.51. The third-order valence-corrected chi connectivity index (χ3v) is 5.28. The van der Waals surface area contributed by atoms with Crippen LogP contribution in [0.4, 0.5) is 4.39 Å². The number of carbonyl (C=O) groups excluding carboxylic acids is 1. The first-order valence-corrected chi connectivity index (χ1v) is 8.70. The number of nitrogens with one attached hydrogen (secondary N) is 1. The number of amides is 1. The van der Waals surface area contributed by atoms with Crippen molar-refractivity contribution in [3.8, 4) is 5.69 Å². The van der Waals surface area contributed by atoms with Gasteiger partial charge in [-0.05, 0) is 57.5 Å². The molecule has 0 unspecified atom stereocenters. The van der Waals surface area contributed by atoms with Crippen molar-refractivity contribution >= 4 is 27.5 Å². The minimum absolute atomic E-state index is 0.0758. The fraction of sp³-hybridized carbons (Fsp3) is 0.333. The molecule has 2 heterocycles. The summed E-state index contributed by atoms with van der Waals surface area (Å²) in [5.41, 5.74) is 1.38. The molecule has 0 aliphatic rings. The molecule has 126 valence electrons. The minimum atomic E-state index is -0.285. The maximum absolute atomic E-state index is 13.1. The van der Waals surface area contributed by atoms with Gasteiger partial charge in [0.2, 0.25) is 0 Å². The van der Waals surface area contributed by atoms with Gasteiger partial charge >= 0.3 is 0 Å². The van der Waals surface area contributed by atoms with Crippen molar-refractivity contribution in [2.24, 2.45) is 0 Å². The summed E-state index contributed by atoms with van der Waals surface area (Å²) >= 11 is 1.40. The lowest BCUT2D eigenvalue weighted by atomic mass is 10.0. The van der Waals surface area contributed by atoms with Crippen LogP contribution in [0.2, 0.25) is 0 Å². The van der Waals surface area contributed by atoms with Gasteiger partial charge in [0, 0.05) is 10.9 Å². The van der Waals surface area contributed by atoms with Crippen LogP contribution >= 0.6 is 11.3 Å². The number of nitrogens with zero attached hydrogens (tertiary/aromatic N) is 2. The quantitative estimate of drug-likeness (QED) is 0.759. The molecule has 24 heavy (non-hydrogen) atoms. The molecule has 0 saturated heterocycles. The summed E-state index contributed by atoms with van der Waals surface area (Å²) in [4.78, 5) is 14.1. The lowest BCUT2D eigenvalue weighted by Gasteiger charge is -2.23. The van der Waals surface area contributed by atoms with Gasteiger partial charge in [0.05, 0.1) is 16.3 Å². The van der Waals surface area contributed by atoms with E-state index in [0.717, 1.165) is 28.0 Å². The van der Waals surface area contributed by atoms with Crippen molar-refractivity contribution in [3.63, 3.8) is 0 Å². The van der Waals surface area contributed by atoms with E-state index in [1.54, 1.807) is 16.8 Å². The topological polar surface area (TPSA) is 46.9 Å². The number of fused-ring (bicyclic) bond motifs is 1. The summed E-state index contributed by atoms with van der Waals surface area (Å²) in [5.74, 6) is -0.361. The summed E-state index contributed by atoms with van der Waals surface area (Å²) in [7, 11) is 0. The second-order valence-electron chi connectivity index (χ2n) is 6.49. The molecular weight excluding hydrogens is 325 g/mol. The van der Waals surface area contributed by atoms with E-state index in [1.807, 2.05) is 33.8 Å². The smallest absolute Gasteiger partial charge is 0.261 e. The number of aromatic nitrogens is 2. The van der Waals surface area contributed by atoms with Gasteiger partial charge in [-0.3, -0.25) is 4.79 Å². The van der Waals surface area contributed by atoms with Gasteiger partial charge in [0.15, 0.2) is 0 Å².